The highest BCUT2D eigenvalue weighted by Gasteiger charge is 2.18. The Kier molecular flexibility index (Phi) is 4.74. The Morgan fingerprint density at radius 2 is 1.65 bits per heavy atom. The molecule has 104 valence electrons. The Bertz CT molecular complexity index is 584. The molecule has 0 fully saturated rings. The molecule has 2 aromatic carbocycles. The zero-order chi connectivity index (χ0) is 14.5. The second-order valence-electron chi connectivity index (χ2n) is 4.16. The zero-order valence-electron chi connectivity index (χ0n) is 10.8. The average molecular weight is 293 g/mol. The van der Waals surface area contributed by atoms with Crippen molar-refractivity contribution in [2.75, 3.05) is 5.32 Å². The minimum atomic E-state index is -0.782. The van der Waals surface area contributed by atoms with E-state index in [2.05, 4.69) is 5.32 Å². The molecule has 0 aliphatic heterocycles. The number of anilines is 1. The van der Waals surface area contributed by atoms with Crippen molar-refractivity contribution in [1.82, 2.24) is 0 Å². The Balaban J connectivity index is 2.05. The largest absolute Gasteiger partial charge is 0.320 e. The third-order valence-corrected chi connectivity index (χ3v) is 3.75. The van der Waals surface area contributed by atoms with Gasteiger partial charge < -0.3 is 5.32 Å². The standard InChI is InChI=1S/C15H13F2NOS/c1-10(20-11-6-3-2-4-7-11)15(19)18-14-12(16)8-5-9-13(14)17/h2-10H,1H3,(H,18,19)/t10-/m0/s1. The summed E-state index contributed by atoms with van der Waals surface area (Å²) in [5.74, 6) is -2.01. The van der Waals surface area contributed by atoms with E-state index in [1.807, 2.05) is 30.3 Å². The van der Waals surface area contributed by atoms with Crippen LogP contribution in [-0.2, 0) is 4.79 Å². The number of carbonyl (C=O) groups is 1. The topological polar surface area (TPSA) is 29.1 Å². The molecule has 0 heterocycles. The third kappa shape index (κ3) is 3.57. The van der Waals surface area contributed by atoms with Gasteiger partial charge in [-0.05, 0) is 31.2 Å². The summed E-state index contributed by atoms with van der Waals surface area (Å²) in [5, 5.41) is 1.83. The SMILES string of the molecule is C[C@H](Sc1ccccc1)C(=O)Nc1c(F)cccc1F. The van der Waals surface area contributed by atoms with Crippen LogP contribution in [-0.4, -0.2) is 11.2 Å². The van der Waals surface area contributed by atoms with Gasteiger partial charge in [0.1, 0.15) is 17.3 Å². The highest BCUT2D eigenvalue weighted by atomic mass is 32.2. The van der Waals surface area contributed by atoms with Crippen LogP contribution in [0.15, 0.2) is 53.4 Å². The molecular formula is C15H13F2NOS. The molecule has 0 aromatic heterocycles. The Morgan fingerprint density at radius 1 is 1.05 bits per heavy atom. The van der Waals surface area contributed by atoms with Gasteiger partial charge >= 0.3 is 0 Å². The minimum absolute atomic E-state index is 0.405. The second-order valence-corrected chi connectivity index (χ2v) is 5.57. The molecule has 0 saturated heterocycles. The van der Waals surface area contributed by atoms with Crippen LogP contribution in [0.5, 0.6) is 0 Å². The Morgan fingerprint density at radius 3 is 2.25 bits per heavy atom. The maximum absolute atomic E-state index is 13.4. The molecule has 0 saturated carbocycles. The lowest BCUT2D eigenvalue weighted by atomic mass is 10.3. The van der Waals surface area contributed by atoms with Crippen LogP contribution in [0.3, 0.4) is 0 Å². The van der Waals surface area contributed by atoms with Crippen LogP contribution >= 0.6 is 11.8 Å². The predicted octanol–water partition coefficient (Wildman–Crippen LogP) is 4.08. The van der Waals surface area contributed by atoms with E-state index < -0.39 is 28.5 Å². The van der Waals surface area contributed by atoms with Crippen LogP contribution in [0.2, 0.25) is 0 Å². The molecule has 2 rings (SSSR count). The summed E-state index contributed by atoms with van der Waals surface area (Å²) < 4.78 is 26.9. The summed E-state index contributed by atoms with van der Waals surface area (Å²) in [6.07, 6.45) is 0. The molecule has 2 nitrogen and oxygen atoms in total. The number of thioether (sulfide) groups is 1. The molecule has 0 bridgehead atoms. The molecule has 0 radical (unpaired) electrons. The van der Waals surface area contributed by atoms with E-state index in [9.17, 15) is 13.6 Å². The number of carbonyl (C=O) groups excluding carboxylic acids is 1. The fraction of sp³-hybridized carbons (Fsp3) is 0.133. The Hall–Kier alpha value is -1.88. The summed E-state index contributed by atoms with van der Waals surface area (Å²) in [7, 11) is 0. The quantitative estimate of drug-likeness (QED) is 0.860. The van der Waals surface area contributed by atoms with Gasteiger partial charge in [-0.2, -0.15) is 0 Å². The number of hydrogen-bond acceptors (Lipinski definition) is 2. The van der Waals surface area contributed by atoms with Crippen molar-refractivity contribution in [3.8, 4) is 0 Å². The molecular weight excluding hydrogens is 280 g/mol. The minimum Gasteiger partial charge on any atom is -0.320 e. The monoisotopic (exact) mass is 293 g/mol. The van der Waals surface area contributed by atoms with Crippen LogP contribution < -0.4 is 5.32 Å². The summed E-state index contributed by atoms with van der Waals surface area (Å²) >= 11 is 1.33. The summed E-state index contributed by atoms with van der Waals surface area (Å²) in [6.45, 7) is 1.69. The zero-order valence-corrected chi connectivity index (χ0v) is 11.6. The van der Waals surface area contributed by atoms with Gasteiger partial charge in [0.15, 0.2) is 0 Å². The lowest BCUT2D eigenvalue weighted by molar-refractivity contribution is -0.115. The van der Waals surface area contributed by atoms with Gasteiger partial charge in [0.05, 0.1) is 5.25 Å². The number of benzene rings is 2. The van der Waals surface area contributed by atoms with Crippen molar-refractivity contribution in [2.24, 2.45) is 0 Å². The summed E-state index contributed by atoms with van der Waals surface area (Å²) in [5.41, 5.74) is -0.405. The van der Waals surface area contributed by atoms with Crippen molar-refractivity contribution in [3.05, 3.63) is 60.2 Å². The second kappa shape index (κ2) is 6.52. The van der Waals surface area contributed by atoms with E-state index in [-0.39, 0.29) is 0 Å². The van der Waals surface area contributed by atoms with Crippen molar-refractivity contribution in [2.45, 2.75) is 17.1 Å². The number of amides is 1. The van der Waals surface area contributed by atoms with E-state index >= 15 is 0 Å². The molecule has 1 amide bonds. The summed E-state index contributed by atoms with van der Waals surface area (Å²) in [4.78, 5) is 12.9. The average Bonchev–Trinajstić information content (AvgIpc) is 2.44. The normalized spacial score (nSPS) is 11.9. The van der Waals surface area contributed by atoms with Crippen molar-refractivity contribution in [3.63, 3.8) is 0 Å². The smallest absolute Gasteiger partial charge is 0.237 e. The number of para-hydroxylation sites is 1. The summed E-state index contributed by atoms with van der Waals surface area (Å²) in [6, 6.07) is 12.8. The van der Waals surface area contributed by atoms with Crippen LogP contribution in [0.4, 0.5) is 14.5 Å². The first-order valence-electron chi connectivity index (χ1n) is 6.04. The molecule has 2 aromatic rings. The molecule has 0 aliphatic rings. The van der Waals surface area contributed by atoms with Crippen molar-refractivity contribution in [1.29, 1.82) is 0 Å². The van der Waals surface area contributed by atoms with Gasteiger partial charge in [0, 0.05) is 4.90 Å². The molecule has 20 heavy (non-hydrogen) atoms. The molecule has 1 atom stereocenters. The lowest BCUT2D eigenvalue weighted by Gasteiger charge is -2.13. The highest BCUT2D eigenvalue weighted by Crippen LogP contribution is 2.25. The Labute approximate surface area is 120 Å². The maximum atomic E-state index is 13.4. The van der Waals surface area contributed by atoms with Gasteiger partial charge in [-0.3, -0.25) is 4.79 Å². The van der Waals surface area contributed by atoms with E-state index in [0.29, 0.717) is 0 Å². The fourth-order valence-electron chi connectivity index (χ4n) is 1.60. The van der Waals surface area contributed by atoms with E-state index in [1.165, 1.54) is 17.8 Å². The van der Waals surface area contributed by atoms with Crippen molar-refractivity contribution >= 4 is 23.4 Å². The molecule has 1 N–H and O–H groups in total. The van der Waals surface area contributed by atoms with Gasteiger partial charge in [-0.1, -0.05) is 24.3 Å². The molecule has 0 unspecified atom stereocenters. The van der Waals surface area contributed by atoms with Gasteiger partial charge in [0.2, 0.25) is 5.91 Å². The first-order chi connectivity index (χ1) is 9.58. The van der Waals surface area contributed by atoms with Crippen molar-refractivity contribution < 1.29 is 13.6 Å². The number of hydrogen-bond donors (Lipinski definition) is 1. The number of nitrogens with one attached hydrogen (secondary N) is 1. The van der Waals surface area contributed by atoms with Gasteiger partial charge in [-0.15, -0.1) is 11.8 Å². The highest BCUT2D eigenvalue weighted by molar-refractivity contribution is 8.00. The number of halogens is 2. The fourth-order valence-corrected chi connectivity index (χ4v) is 2.49. The number of rotatable bonds is 4. The molecule has 0 spiro atoms. The van der Waals surface area contributed by atoms with E-state index in [4.69, 9.17) is 0 Å². The maximum Gasteiger partial charge on any atom is 0.237 e. The van der Waals surface area contributed by atoms with Gasteiger partial charge in [0.25, 0.3) is 0 Å². The van der Waals surface area contributed by atoms with Crippen LogP contribution in [0.25, 0.3) is 0 Å². The van der Waals surface area contributed by atoms with E-state index in [0.717, 1.165) is 17.0 Å². The molecule has 0 aliphatic carbocycles. The van der Waals surface area contributed by atoms with Gasteiger partial charge in [-0.25, -0.2) is 8.78 Å². The first kappa shape index (κ1) is 14.5. The third-order valence-electron chi connectivity index (χ3n) is 2.64. The molecule has 5 heteroatoms. The van der Waals surface area contributed by atoms with Crippen LogP contribution in [0.1, 0.15) is 6.92 Å². The predicted molar refractivity (Wildman–Crippen MR) is 76.7 cm³/mol. The lowest BCUT2D eigenvalue weighted by Crippen LogP contribution is -2.23. The first-order valence-corrected chi connectivity index (χ1v) is 6.92. The van der Waals surface area contributed by atoms with Crippen LogP contribution in [0, 0.1) is 11.6 Å². The van der Waals surface area contributed by atoms with E-state index in [1.54, 1.807) is 6.92 Å².